The zero-order chi connectivity index (χ0) is 11.8. The maximum atomic E-state index is 9.90. The Hall–Kier alpha value is -2.22. The lowest BCUT2D eigenvalue weighted by Crippen LogP contribution is -1.85. The molecule has 0 aromatic heterocycles. The molecule has 0 fully saturated rings. The first kappa shape index (κ1) is 9.97. The number of benzene rings is 3. The molecule has 0 heterocycles. The van der Waals surface area contributed by atoms with Crippen molar-refractivity contribution in [1.29, 1.82) is 0 Å². The summed E-state index contributed by atoms with van der Waals surface area (Å²) in [4.78, 5) is 0. The fraction of sp³-hybridized carbons (Fsp3) is 0.0667. The lowest BCUT2D eigenvalue weighted by molar-refractivity contribution is 0.418. The van der Waals surface area contributed by atoms with Crippen LogP contribution in [0.5, 0.6) is 11.5 Å². The molecule has 0 spiro atoms. The van der Waals surface area contributed by atoms with Crippen LogP contribution in [0, 0.1) is 0 Å². The molecule has 0 atom stereocenters. The Balaban J connectivity index is 2.50. The van der Waals surface area contributed by atoms with Crippen molar-refractivity contribution in [1.82, 2.24) is 0 Å². The molecule has 0 bridgehead atoms. The fourth-order valence-electron chi connectivity index (χ4n) is 2.17. The number of phenolic OH excluding ortho intramolecular Hbond substituents is 1. The van der Waals surface area contributed by atoms with E-state index in [1.807, 2.05) is 30.3 Å². The monoisotopic (exact) mass is 224 g/mol. The van der Waals surface area contributed by atoms with Gasteiger partial charge in [-0.1, -0.05) is 24.3 Å². The lowest BCUT2D eigenvalue weighted by atomic mass is 10.0. The van der Waals surface area contributed by atoms with Gasteiger partial charge in [0.1, 0.15) is 11.5 Å². The largest absolute Gasteiger partial charge is 0.507 e. The molecule has 3 aromatic carbocycles. The highest BCUT2D eigenvalue weighted by atomic mass is 16.5. The first-order chi connectivity index (χ1) is 8.29. The molecule has 0 aliphatic heterocycles. The Kier molecular flexibility index (Phi) is 2.15. The van der Waals surface area contributed by atoms with Gasteiger partial charge in [0, 0.05) is 10.8 Å². The van der Waals surface area contributed by atoms with Crippen molar-refractivity contribution in [2.75, 3.05) is 7.11 Å². The molecule has 0 aliphatic rings. The van der Waals surface area contributed by atoms with Crippen LogP contribution in [0.1, 0.15) is 0 Å². The van der Waals surface area contributed by atoms with Gasteiger partial charge >= 0.3 is 0 Å². The van der Waals surface area contributed by atoms with Gasteiger partial charge in [0.15, 0.2) is 0 Å². The quantitative estimate of drug-likeness (QED) is 0.638. The highest BCUT2D eigenvalue weighted by Crippen LogP contribution is 2.35. The van der Waals surface area contributed by atoms with E-state index in [4.69, 9.17) is 4.74 Å². The molecule has 0 saturated heterocycles. The number of hydrogen-bond donors (Lipinski definition) is 1. The van der Waals surface area contributed by atoms with Crippen molar-refractivity contribution in [3.05, 3.63) is 48.5 Å². The Morgan fingerprint density at radius 3 is 2.18 bits per heavy atom. The van der Waals surface area contributed by atoms with Crippen molar-refractivity contribution >= 4 is 21.5 Å². The molecule has 0 unspecified atom stereocenters. The van der Waals surface area contributed by atoms with Crippen LogP contribution in [0.3, 0.4) is 0 Å². The molecule has 3 aromatic rings. The van der Waals surface area contributed by atoms with Crippen molar-refractivity contribution in [3.63, 3.8) is 0 Å². The third kappa shape index (κ3) is 1.49. The number of methoxy groups -OCH3 is 1. The lowest BCUT2D eigenvalue weighted by Gasteiger charge is -2.08. The van der Waals surface area contributed by atoms with Crippen LogP contribution in [-0.4, -0.2) is 12.2 Å². The molecule has 2 nitrogen and oxygen atoms in total. The van der Waals surface area contributed by atoms with E-state index >= 15 is 0 Å². The van der Waals surface area contributed by atoms with Crippen LogP contribution in [0.25, 0.3) is 21.5 Å². The molecule has 1 N–H and O–H groups in total. The van der Waals surface area contributed by atoms with E-state index in [2.05, 4.69) is 6.07 Å². The van der Waals surface area contributed by atoms with Gasteiger partial charge in [0.25, 0.3) is 0 Å². The van der Waals surface area contributed by atoms with Gasteiger partial charge in [0.2, 0.25) is 0 Å². The fourth-order valence-corrected chi connectivity index (χ4v) is 2.17. The van der Waals surface area contributed by atoms with E-state index in [0.717, 1.165) is 27.3 Å². The van der Waals surface area contributed by atoms with Gasteiger partial charge in [-0.2, -0.15) is 0 Å². The third-order valence-electron chi connectivity index (χ3n) is 3.04. The summed E-state index contributed by atoms with van der Waals surface area (Å²) in [5.74, 6) is 1.06. The first-order valence-electron chi connectivity index (χ1n) is 5.48. The van der Waals surface area contributed by atoms with E-state index < -0.39 is 0 Å². The van der Waals surface area contributed by atoms with Gasteiger partial charge in [-0.05, 0) is 35.0 Å². The van der Waals surface area contributed by atoms with Gasteiger partial charge in [0.05, 0.1) is 7.11 Å². The smallest absolute Gasteiger partial charge is 0.126 e. The summed E-state index contributed by atoms with van der Waals surface area (Å²) >= 11 is 0. The summed E-state index contributed by atoms with van der Waals surface area (Å²) in [6.45, 7) is 0. The first-order valence-corrected chi connectivity index (χ1v) is 5.48. The minimum atomic E-state index is 0.284. The van der Waals surface area contributed by atoms with E-state index in [-0.39, 0.29) is 5.75 Å². The Labute approximate surface area is 99.1 Å². The Morgan fingerprint density at radius 1 is 0.882 bits per heavy atom. The highest BCUT2D eigenvalue weighted by molar-refractivity contribution is 6.03. The zero-order valence-electron chi connectivity index (χ0n) is 9.47. The second-order valence-electron chi connectivity index (χ2n) is 4.03. The van der Waals surface area contributed by atoms with Crippen LogP contribution in [0.15, 0.2) is 48.5 Å². The third-order valence-corrected chi connectivity index (χ3v) is 3.04. The van der Waals surface area contributed by atoms with E-state index in [0.29, 0.717) is 0 Å². The number of rotatable bonds is 1. The van der Waals surface area contributed by atoms with Crippen molar-refractivity contribution in [2.45, 2.75) is 0 Å². The second kappa shape index (κ2) is 3.67. The second-order valence-corrected chi connectivity index (χ2v) is 4.03. The zero-order valence-corrected chi connectivity index (χ0v) is 9.47. The number of ether oxygens (including phenoxy) is 1. The van der Waals surface area contributed by atoms with Crippen molar-refractivity contribution in [2.24, 2.45) is 0 Å². The summed E-state index contributed by atoms with van der Waals surface area (Å²) in [6.07, 6.45) is 0. The van der Waals surface area contributed by atoms with Crippen molar-refractivity contribution in [3.8, 4) is 11.5 Å². The summed E-state index contributed by atoms with van der Waals surface area (Å²) < 4.78 is 5.32. The number of aromatic hydroxyl groups is 1. The normalized spacial score (nSPS) is 10.9. The number of fused-ring (bicyclic) bond motifs is 2. The molecule has 0 amide bonds. The molecular weight excluding hydrogens is 212 g/mol. The molecular formula is C15H12O2. The number of phenols is 1. The minimum absolute atomic E-state index is 0.284. The summed E-state index contributed by atoms with van der Waals surface area (Å²) in [5.41, 5.74) is 0. The molecule has 84 valence electrons. The van der Waals surface area contributed by atoms with Crippen LogP contribution < -0.4 is 4.74 Å². The van der Waals surface area contributed by atoms with E-state index in [9.17, 15) is 5.11 Å². The predicted molar refractivity (Wildman–Crippen MR) is 69.7 cm³/mol. The Bertz CT molecular complexity index is 702. The molecule has 0 aliphatic carbocycles. The standard InChI is InChI=1S/C15H12O2/c1-17-15-7-6-14(16)12-8-10-4-2-3-5-11(10)9-13(12)15/h2-9,16H,1H3. The van der Waals surface area contributed by atoms with Crippen molar-refractivity contribution < 1.29 is 9.84 Å². The molecule has 3 rings (SSSR count). The van der Waals surface area contributed by atoms with Crippen LogP contribution in [0.4, 0.5) is 0 Å². The summed E-state index contributed by atoms with van der Waals surface area (Å²) in [7, 11) is 1.64. The number of hydrogen-bond acceptors (Lipinski definition) is 2. The average Bonchev–Trinajstić information content (AvgIpc) is 2.38. The Morgan fingerprint density at radius 2 is 1.53 bits per heavy atom. The SMILES string of the molecule is COc1ccc(O)c2cc3ccccc3cc12. The van der Waals surface area contributed by atoms with Gasteiger partial charge in [-0.25, -0.2) is 0 Å². The summed E-state index contributed by atoms with van der Waals surface area (Å²) in [5, 5.41) is 13.9. The molecule has 17 heavy (non-hydrogen) atoms. The highest BCUT2D eigenvalue weighted by Gasteiger charge is 2.06. The van der Waals surface area contributed by atoms with Crippen LogP contribution in [-0.2, 0) is 0 Å². The average molecular weight is 224 g/mol. The van der Waals surface area contributed by atoms with E-state index in [1.54, 1.807) is 19.2 Å². The topological polar surface area (TPSA) is 29.5 Å². The predicted octanol–water partition coefficient (Wildman–Crippen LogP) is 3.71. The van der Waals surface area contributed by atoms with Crippen LogP contribution >= 0.6 is 0 Å². The van der Waals surface area contributed by atoms with E-state index in [1.165, 1.54) is 0 Å². The summed E-state index contributed by atoms with van der Waals surface area (Å²) in [6, 6.07) is 15.6. The van der Waals surface area contributed by atoms with Gasteiger partial charge < -0.3 is 9.84 Å². The van der Waals surface area contributed by atoms with Gasteiger partial charge in [-0.3, -0.25) is 0 Å². The molecule has 0 saturated carbocycles. The van der Waals surface area contributed by atoms with Gasteiger partial charge in [-0.15, -0.1) is 0 Å². The maximum absolute atomic E-state index is 9.90. The molecule has 0 radical (unpaired) electrons. The minimum Gasteiger partial charge on any atom is -0.507 e. The molecule has 2 heteroatoms. The maximum Gasteiger partial charge on any atom is 0.126 e. The van der Waals surface area contributed by atoms with Crippen LogP contribution in [0.2, 0.25) is 0 Å².